The summed E-state index contributed by atoms with van der Waals surface area (Å²) in [6.07, 6.45) is 84.8. The van der Waals surface area contributed by atoms with Crippen LogP contribution >= 0.6 is 0 Å². The third-order valence-electron chi connectivity index (χ3n) is 11.7. The molecular weight excluding hydrogens is 861 g/mol. The molecule has 0 rings (SSSR count). The minimum absolute atomic E-state index is 0.0383. The quantitative estimate of drug-likeness (QED) is 0.0345. The number of allylic oxidation sites excluding steroid dienone is 22. The van der Waals surface area contributed by atoms with Crippen molar-refractivity contribution in [2.45, 2.75) is 245 Å². The highest BCUT2D eigenvalue weighted by atomic mass is 16.6. The van der Waals surface area contributed by atoms with Gasteiger partial charge in [0.25, 0.3) is 0 Å². The molecule has 0 saturated carbocycles. The zero-order valence-electron chi connectivity index (χ0n) is 45.5. The summed E-state index contributed by atoms with van der Waals surface area (Å²) >= 11 is 0. The summed E-state index contributed by atoms with van der Waals surface area (Å²) in [6.45, 7) is 7.42. The van der Waals surface area contributed by atoms with Crippen LogP contribution in [0.3, 0.4) is 0 Å². The molecule has 1 atom stereocenters. The standard InChI is InChI=1S/C65H106O5/c1-4-7-10-13-16-19-22-25-28-30-32-34-36-39-42-45-48-51-54-57-60-68-61-63(70-65(67)59-56-53-50-47-44-41-37-27-24-21-18-15-12-9-6-3)62-69-64(66)58-55-52-49-46-43-40-38-35-33-31-29-26-23-20-17-14-11-8-5-2/h7-8,10-11,16-17,19-20,25-26,28-29,32-35,39-40,42-43,48,51,63H,4-6,9,12-15,18,21-24,27,30-31,36-38,41,44-47,49-50,52-62H2,1-3H3/b10-7-,11-8-,19-16-,20-17-,28-25-,29-26-,34-32-,35-33-,42-39-,43-40-,51-48-. The van der Waals surface area contributed by atoms with E-state index in [9.17, 15) is 9.59 Å². The van der Waals surface area contributed by atoms with Gasteiger partial charge in [-0.3, -0.25) is 9.59 Å². The van der Waals surface area contributed by atoms with Crippen LogP contribution in [0.15, 0.2) is 134 Å². The van der Waals surface area contributed by atoms with Crippen LogP contribution < -0.4 is 0 Å². The maximum absolute atomic E-state index is 12.9. The van der Waals surface area contributed by atoms with E-state index < -0.39 is 6.10 Å². The maximum atomic E-state index is 12.9. The first-order valence-electron chi connectivity index (χ1n) is 28.7. The number of carbonyl (C=O) groups is 2. The van der Waals surface area contributed by atoms with Crippen molar-refractivity contribution >= 4 is 11.9 Å². The van der Waals surface area contributed by atoms with Crippen molar-refractivity contribution in [3.05, 3.63) is 134 Å². The first-order chi connectivity index (χ1) is 34.6. The number of unbranched alkanes of at least 4 members (excludes halogenated alkanes) is 18. The smallest absolute Gasteiger partial charge is 0.306 e. The average molecular weight is 968 g/mol. The molecule has 70 heavy (non-hydrogen) atoms. The van der Waals surface area contributed by atoms with Crippen molar-refractivity contribution in [3.63, 3.8) is 0 Å². The zero-order valence-corrected chi connectivity index (χ0v) is 45.5. The van der Waals surface area contributed by atoms with Gasteiger partial charge >= 0.3 is 11.9 Å². The van der Waals surface area contributed by atoms with Gasteiger partial charge in [0.05, 0.1) is 6.61 Å². The summed E-state index contributed by atoms with van der Waals surface area (Å²) in [4.78, 5) is 25.5. The molecule has 0 radical (unpaired) electrons. The maximum Gasteiger partial charge on any atom is 0.306 e. The first-order valence-corrected chi connectivity index (χ1v) is 28.7. The Morgan fingerprint density at radius 2 is 0.643 bits per heavy atom. The predicted molar refractivity (Wildman–Crippen MR) is 306 cm³/mol. The van der Waals surface area contributed by atoms with Crippen molar-refractivity contribution in [1.29, 1.82) is 0 Å². The first kappa shape index (κ1) is 66.0. The van der Waals surface area contributed by atoms with E-state index in [2.05, 4.69) is 154 Å². The molecule has 0 aromatic heterocycles. The van der Waals surface area contributed by atoms with Crippen LogP contribution in [0.4, 0.5) is 0 Å². The minimum atomic E-state index is -0.589. The minimum Gasteiger partial charge on any atom is -0.462 e. The Morgan fingerprint density at radius 1 is 0.329 bits per heavy atom. The fourth-order valence-corrected chi connectivity index (χ4v) is 7.49. The average Bonchev–Trinajstić information content (AvgIpc) is 3.36. The van der Waals surface area contributed by atoms with Crippen LogP contribution in [0.5, 0.6) is 0 Å². The molecule has 0 saturated heterocycles. The van der Waals surface area contributed by atoms with Crippen LogP contribution in [0.2, 0.25) is 0 Å². The predicted octanol–water partition coefficient (Wildman–Crippen LogP) is 19.9. The molecule has 0 spiro atoms. The van der Waals surface area contributed by atoms with Crippen molar-refractivity contribution in [1.82, 2.24) is 0 Å². The molecule has 396 valence electrons. The van der Waals surface area contributed by atoms with E-state index in [1.165, 1.54) is 77.0 Å². The van der Waals surface area contributed by atoms with E-state index in [1.807, 2.05) is 0 Å². The van der Waals surface area contributed by atoms with Gasteiger partial charge in [-0.15, -0.1) is 0 Å². The number of carbonyl (C=O) groups excluding carboxylic acids is 2. The van der Waals surface area contributed by atoms with Gasteiger partial charge in [-0.25, -0.2) is 0 Å². The second-order valence-electron chi connectivity index (χ2n) is 18.4. The summed E-state index contributed by atoms with van der Waals surface area (Å²) in [7, 11) is 0. The molecule has 0 heterocycles. The van der Waals surface area contributed by atoms with Gasteiger partial charge in [-0.1, -0.05) is 251 Å². The zero-order chi connectivity index (χ0) is 50.6. The van der Waals surface area contributed by atoms with Gasteiger partial charge < -0.3 is 14.2 Å². The Labute approximate surface area is 432 Å². The lowest BCUT2D eigenvalue weighted by Gasteiger charge is -2.18. The molecule has 0 aliphatic rings. The second kappa shape index (κ2) is 59.3. The fourth-order valence-electron chi connectivity index (χ4n) is 7.49. The third kappa shape index (κ3) is 56.6. The molecule has 5 heteroatoms. The monoisotopic (exact) mass is 967 g/mol. The number of hydrogen-bond acceptors (Lipinski definition) is 5. The summed E-state index contributed by atoms with van der Waals surface area (Å²) < 4.78 is 17.4. The van der Waals surface area contributed by atoms with Crippen LogP contribution in [-0.4, -0.2) is 37.9 Å². The molecule has 5 nitrogen and oxygen atoms in total. The molecule has 1 unspecified atom stereocenters. The molecule has 0 fully saturated rings. The number of ether oxygens (including phenoxy) is 3. The SMILES string of the molecule is CC/C=C\C/C=C\C/C=C\C/C=C\C/C=C\C/C=C\CCCOCC(COC(=O)CCCCC/C=C\C/C=C\C/C=C\C/C=C\C/C=C\CC)OC(=O)CCCCCCCCCCCCCCCCC. The molecule has 0 amide bonds. The topological polar surface area (TPSA) is 61.8 Å². The highest BCUT2D eigenvalue weighted by Gasteiger charge is 2.17. The van der Waals surface area contributed by atoms with Crippen LogP contribution in [-0.2, 0) is 23.8 Å². The van der Waals surface area contributed by atoms with E-state index in [-0.39, 0.29) is 25.2 Å². The molecule has 0 bridgehead atoms. The van der Waals surface area contributed by atoms with Gasteiger partial charge in [0.2, 0.25) is 0 Å². The summed E-state index contributed by atoms with van der Waals surface area (Å²) in [5, 5.41) is 0. The Hall–Kier alpha value is -3.96. The van der Waals surface area contributed by atoms with E-state index >= 15 is 0 Å². The van der Waals surface area contributed by atoms with Gasteiger partial charge in [-0.2, -0.15) is 0 Å². The lowest BCUT2D eigenvalue weighted by Crippen LogP contribution is -2.30. The van der Waals surface area contributed by atoms with Crippen LogP contribution in [0, 0.1) is 0 Å². The van der Waals surface area contributed by atoms with Gasteiger partial charge in [0, 0.05) is 19.4 Å². The van der Waals surface area contributed by atoms with Crippen LogP contribution in [0.25, 0.3) is 0 Å². The molecule has 0 aliphatic carbocycles. The lowest BCUT2D eigenvalue weighted by atomic mass is 10.0. The largest absolute Gasteiger partial charge is 0.462 e. The number of rotatable bonds is 51. The summed E-state index contributed by atoms with van der Waals surface area (Å²) in [5.74, 6) is -0.469. The molecule has 0 aliphatic heterocycles. The normalized spacial score (nSPS) is 13.2. The molecule has 0 aromatic rings. The highest BCUT2D eigenvalue weighted by Crippen LogP contribution is 2.15. The fraction of sp³-hybridized carbons (Fsp3) is 0.631. The van der Waals surface area contributed by atoms with Crippen molar-refractivity contribution in [2.24, 2.45) is 0 Å². The Morgan fingerprint density at radius 3 is 1.03 bits per heavy atom. The number of esters is 2. The van der Waals surface area contributed by atoms with Crippen molar-refractivity contribution in [3.8, 4) is 0 Å². The molecular formula is C65H106O5. The van der Waals surface area contributed by atoms with Crippen molar-refractivity contribution in [2.75, 3.05) is 19.8 Å². The second-order valence-corrected chi connectivity index (χ2v) is 18.4. The van der Waals surface area contributed by atoms with Crippen molar-refractivity contribution < 1.29 is 23.8 Å². The van der Waals surface area contributed by atoms with E-state index in [1.54, 1.807) is 0 Å². The Balaban J connectivity index is 4.46. The molecule has 0 aromatic carbocycles. The molecule has 0 N–H and O–H groups in total. The summed E-state index contributed by atoms with van der Waals surface area (Å²) in [6, 6.07) is 0. The van der Waals surface area contributed by atoms with E-state index in [4.69, 9.17) is 14.2 Å². The van der Waals surface area contributed by atoms with Gasteiger partial charge in [0.15, 0.2) is 6.10 Å². The summed E-state index contributed by atoms with van der Waals surface area (Å²) in [5.41, 5.74) is 0. The van der Waals surface area contributed by atoms with Gasteiger partial charge in [-0.05, 0) is 109 Å². The third-order valence-corrected chi connectivity index (χ3v) is 11.7. The van der Waals surface area contributed by atoms with Gasteiger partial charge in [0.1, 0.15) is 6.61 Å². The Bertz CT molecular complexity index is 1470. The highest BCUT2D eigenvalue weighted by molar-refractivity contribution is 5.70. The number of hydrogen-bond donors (Lipinski definition) is 0. The van der Waals surface area contributed by atoms with E-state index in [0.717, 1.165) is 128 Å². The Kier molecular flexibility index (Phi) is 56.0. The van der Waals surface area contributed by atoms with E-state index in [0.29, 0.717) is 19.4 Å². The van der Waals surface area contributed by atoms with Crippen LogP contribution in [0.1, 0.15) is 239 Å². The lowest BCUT2D eigenvalue weighted by molar-refractivity contribution is -0.163.